The Morgan fingerprint density at radius 2 is 1.65 bits per heavy atom. The zero-order valence-electron chi connectivity index (χ0n) is 15.2. The fourth-order valence-electron chi connectivity index (χ4n) is 2.23. The molecule has 0 aliphatic rings. The molecule has 6 nitrogen and oxygen atoms in total. The second-order valence-electron chi connectivity index (χ2n) is 5.70. The molecule has 2 aromatic rings. The number of rotatable bonds is 6. The Kier molecular flexibility index (Phi) is 6.52. The molecule has 0 spiro atoms. The molecule has 0 fully saturated rings. The van der Waals surface area contributed by atoms with Gasteiger partial charge in [0.15, 0.2) is 6.61 Å². The summed E-state index contributed by atoms with van der Waals surface area (Å²) in [5.74, 6) is -1.58. The van der Waals surface area contributed by atoms with Crippen LogP contribution in [0.3, 0.4) is 0 Å². The smallest absolute Gasteiger partial charge is 0.341 e. The number of benzene rings is 1. The number of thiophene rings is 1. The second-order valence-corrected chi connectivity index (χ2v) is 6.92. The van der Waals surface area contributed by atoms with E-state index in [1.807, 2.05) is 13.8 Å². The molecule has 7 heteroatoms. The molecule has 138 valence electrons. The number of aryl methyl sites for hydroxylation is 2. The van der Waals surface area contributed by atoms with E-state index in [0.29, 0.717) is 16.1 Å². The topological polar surface area (TPSA) is 81.7 Å². The molecule has 0 atom stereocenters. The summed E-state index contributed by atoms with van der Waals surface area (Å²) in [4.78, 5) is 37.1. The molecule has 1 N–H and O–H groups in total. The Hall–Kier alpha value is -2.67. The maximum absolute atomic E-state index is 12.1. The maximum atomic E-state index is 12.1. The summed E-state index contributed by atoms with van der Waals surface area (Å²) in [5, 5.41) is 3.03. The molecule has 2 rings (SSSR count). The summed E-state index contributed by atoms with van der Waals surface area (Å²) in [5.41, 5.74) is 2.50. The van der Waals surface area contributed by atoms with Crippen molar-refractivity contribution in [2.45, 2.75) is 27.7 Å². The van der Waals surface area contributed by atoms with Crippen LogP contribution in [0.25, 0.3) is 0 Å². The summed E-state index contributed by atoms with van der Waals surface area (Å²) >= 11 is 1.28. The summed E-state index contributed by atoms with van der Waals surface area (Å²) in [7, 11) is 0. The Bertz CT molecular complexity index is 823. The average molecular weight is 375 g/mol. The van der Waals surface area contributed by atoms with Gasteiger partial charge in [-0.1, -0.05) is 17.7 Å². The number of nitrogens with one attached hydrogen (secondary N) is 1. The Morgan fingerprint density at radius 3 is 2.27 bits per heavy atom. The first-order valence-corrected chi connectivity index (χ1v) is 8.95. The highest BCUT2D eigenvalue weighted by Crippen LogP contribution is 2.33. The molecule has 26 heavy (non-hydrogen) atoms. The van der Waals surface area contributed by atoms with Crippen LogP contribution in [0.15, 0.2) is 24.3 Å². The number of carbonyl (C=O) groups excluding carboxylic acids is 3. The van der Waals surface area contributed by atoms with Crippen molar-refractivity contribution in [3.8, 4) is 0 Å². The molecule has 0 saturated heterocycles. The van der Waals surface area contributed by atoms with Gasteiger partial charge in [-0.05, 0) is 45.4 Å². The SMILES string of the molecule is CCOC(=O)c1c(NC(=O)COC(=O)c2ccc(C)cc2)sc(C)c1C. The molecule has 0 radical (unpaired) electrons. The van der Waals surface area contributed by atoms with E-state index in [1.165, 1.54) is 11.3 Å². The largest absolute Gasteiger partial charge is 0.462 e. The number of ether oxygens (including phenoxy) is 2. The fraction of sp³-hybridized carbons (Fsp3) is 0.316. The van der Waals surface area contributed by atoms with Crippen LogP contribution in [0.1, 0.15) is 43.6 Å². The molecule has 1 aromatic heterocycles. The molecular formula is C19H21NO5S. The Morgan fingerprint density at radius 1 is 1.00 bits per heavy atom. The predicted octanol–water partition coefficient (Wildman–Crippen LogP) is 3.65. The van der Waals surface area contributed by atoms with Crippen molar-refractivity contribution in [1.29, 1.82) is 0 Å². The van der Waals surface area contributed by atoms with E-state index in [1.54, 1.807) is 38.1 Å². The number of hydrogen-bond donors (Lipinski definition) is 1. The van der Waals surface area contributed by atoms with Crippen LogP contribution in [-0.4, -0.2) is 31.1 Å². The number of esters is 2. The third kappa shape index (κ3) is 4.70. The predicted molar refractivity (Wildman–Crippen MR) is 99.8 cm³/mol. The average Bonchev–Trinajstić information content (AvgIpc) is 2.87. The molecule has 1 amide bonds. The molecule has 0 saturated carbocycles. The van der Waals surface area contributed by atoms with E-state index < -0.39 is 24.5 Å². The van der Waals surface area contributed by atoms with E-state index in [0.717, 1.165) is 16.0 Å². The van der Waals surface area contributed by atoms with E-state index in [9.17, 15) is 14.4 Å². The van der Waals surface area contributed by atoms with Gasteiger partial charge in [0.1, 0.15) is 5.00 Å². The second kappa shape index (κ2) is 8.62. The summed E-state index contributed by atoms with van der Waals surface area (Å²) in [6, 6.07) is 6.86. The van der Waals surface area contributed by atoms with Gasteiger partial charge >= 0.3 is 11.9 Å². The normalized spacial score (nSPS) is 10.3. The van der Waals surface area contributed by atoms with Gasteiger partial charge in [-0.15, -0.1) is 11.3 Å². The highest BCUT2D eigenvalue weighted by atomic mass is 32.1. The zero-order valence-corrected chi connectivity index (χ0v) is 16.0. The lowest BCUT2D eigenvalue weighted by Gasteiger charge is -2.08. The monoisotopic (exact) mass is 375 g/mol. The number of amides is 1. The number of anilines is 1. The van der Waals surface area contributed by atoms with Crippen molar-refractivity contribution >= 4 is 34.2 Å². The summed E-state index contributed by atoms with van der Waals surface area (Å²) < 4.78 is 10.1. The van der Waals surface area contributed by atoms with Crippen molar-refractivity contribution in [3.63, 3.8) is 0 Å². The van der Waals surface area contributed by atoms with Crippen LogP contribution in [-0.2, 0) is 14.3 Å². The van der Waals surface area contributed by atoms with Crippen LogP contribution in [0.2, 0.25) is 0 Å². The minimum absolute atomic E-state index is 0.245. The van der Waals surface area contributed by atoms with Gasteiger partial charge in [-0.2, -0.15) is 0 Å². The van der Waals surface area contributed by atoms with E-state index in [-0.39, 0.29) is 6.61 Å². The van der Waals surface area contributed by atoms with Gasteiger partial charge in [0.2, 0.25) is 0 Å². The molecule has 0 bridgehead atoms. The molecule has 1 heterocycles. The van der Waals surface area contributed by atoms with Crippen molar-refractivity contribution in [1.82, 2.24) is 0 Å². The quantitative estimate of drug-likeness (QED) is 0.780. The van der Waals surface area contributed by atoms with E-state index >= 15 is 0 Å². The van der Waals surface area contributed by atoms with Crippen LogP contribution in [0.4, 0.5) is 5.00 Å². The third-order valence-electron chi connectivity index (χ3n) is 3.74. The van der Waals surface area contributed by atoms with Gasteiger partial charge in [0, 0.05) is 4.88 Å². The van der Waals surface area contributed by atoms with Crippen molar-refractivity contribution < 1.29 is 23.9 Å². The zero-order chi connectivity index (χ0) is 19.3. The highest BCUT2D eigenvalue weighted by Gasteiger charge is 2.22. The van der Waals surface area contributed by atoms with Crippen LogP contribution >= 0.6 is 11.3 Å². The lowest BCUT2D eigenvalue weighted by molar-refractivity contribution is -0.119. The van der Waals surface area contributed by atoms with Crippen LogP contribution in [0, 0.1) is 20.8 Å². The van der Waals surface area contributed by atoms with Crippen LogP contribution < -0.4 is 5.32 Å². The summed E-state index contributed by atoms with van der Waals surface area (Å²) in [6.07, 6.45) is 0. The fourth-order valence-corrected chi connectivity index (χ4v) is 3.30. The standard InChI is InChI=1S/C19H21NO5S/c1-5-24-19(23)16-12(3)13(4)26-17(16)20-15(21)10-25-18(22)14-8-6-11(2)7-9-14/h6-9H,5,10H2,1-4H3,(H,20,21). The van der Waals surface area contributed by atoms with Crippen molar-refractivity contribution in [2.75, 3.05) is 18.5 Å². The first-order chi connectivity index (χ1) is 12.3. The molecular weight excluding hydrogens is 354 g/mol. The number of hydrogen-bond acceptors (Lipinski definition) is 6. The molecule has 0 unspecified atom stereocenters. The minimum atomic E-state index is -0.579. The Labute approximate surface area is 156 Å². The van der Waals surface area contributed by atoms with E-state index in [2.05, 4.69) is 5.32 Å². The molecule has 1 aromatic carbocycles. The van der Waals surface area contributed by atoms with Gasteiger partial charge in [-0.3, -0.25) is 4.79 Å². The van der Waals surface area contributed by atoms with Crippen molar-refractivity contribution in [2.24, 2.45) is 0 Å². The molecule has 0 aliphatic carbocycles. The van der Waals surface area contributed by atoms with Gasteiger partial charge < -0.3 is 14.8 Å². The first-order valence-electron chi connectivity index (χ1n) is 8.14. The van der Waals surface area contributed by atoms with Crippen LogP contribution in [0.5, 0.6) is 0 Å². The number of carbonyl (C=O) groups is 3. The molecule has 0 aliphatic heterocycles. The lowest BCUT2D eigenvalue weighted by Crippen LogP contribution is -2.21. The highest BCUT2D eigenvalue weighted by molar-refractivity contribution is 7.16. The van der Waals surface area contributed by atoms with Gasteiger partial charge in [0.25, 0.3) is 5.91 Å². The van der Waals surface area contributed by atoms with Gasteiger partial charge in [-0.25, -0.2) is 9.59 Å². The summed E-state index contributed by atoms with van der Waals surface area (Å²) in [6.45, 7) is 7.09. The minimum Gasteiger partial charge on any atom is -0.462 e. The first kappa shape index (κ1) is 19.7. The maximum Gasteiger partial charge on any atom is 0.341 e. The van der Waals surface area contributed by atoms with Gasteiger partial charge in [0.05, 0.1) is 17.7 Å². The lowest BCUT2D eigenvalue weighted by atomic mass is 10.1. The van der Waals surface area contributed by atoms with E-state index in [4.69, 9.17) is 9.47 Å². The Balaban J connectivity index is 2.01. The third-order valence-corrected chi connectivity index (χ3v) is 4.86. The van der Waals surface area contributed by atoms with Crippen molar-refractivity contribution in [3.05, 3.63) is 51.4 Å².